The molecule has 3 rings (SSSR count). The molecule has 0 atom stereocenters. The molecule has 2 heterocycles. The summed E-state index contributed by atoms with van der Waals surface area (Å²) in [7, 11) is 0. The van der Waals surface area contributed by atoms with E-state index in [0.717, 1.165) is 5.01 Å². The molecule has 0 saturated heterocycles. The van der Waals surface area contributed by atoms with Crippen LogP contribution in [0.25, 0.3) is 22.2 Å². The summed E-state index contributed by atoms with van der Waals surface area (Å²) < 4.78 is 5.50. The zero-order valence-electron chi connectivity index (χ0n) is 10.4. The smallest absolute Gasteiger partial charge is 0.202 e. The van der Waals surface area contributed by atoms with Crippen LogP contribution >= 0.6 is 11.3 Å². The molecule has 96 valence electrons. The standard InChI is InChI=1S/C14H11NO3S/c1-7-12(16)4-3-9-13(17)10(5-18-14(7)9)11-6-19-8(2)15-11/h3-6,16H,1-2H3. The topological polar surface area (TPSA) is 63.3 Å². The number of phenols is 1. The van der Waals surface area contributed by atoms with Gasteiger partial charge >= 0.3 is 0 Å². The lowest BCUT2D eigenvalue weighted by molar-refractivity contribution is 0.469. The fourth-order valence-corrected chi connectivity index (χ4v) is 2.61. The van der Waals surface area contributed by atoms with E-state index in [1.807, 2.05) is 12.3 Å². The summed E-state index contributed by atoms with van der Waals surface area (Å²) in [6, 6.07) is 3.08. The van der Waals surface area contributed by atoms with Crippen LogP contribution in [-0.4, -0.2) is 10.1 Å². The van der Waals surface area contributed by atoms with Gasteiger partial charge in [0.1, 0.15) is 17.6 Å². The number of hydrogen-bond acceptors (Lipinski definition) is 5. The molecule has 0 radical (unpaired) electrons. The molecule has 0 aliphatic heterocycles. The summed E-state index contributed by atoms with van der Waals surface area (Å²) in [5.41, 5.74) is 1.93. The molecule has 4 nitrogen and oxygen atoms in total. The third-order valence-corrected chi connectivity index (χ3v) is 3.83. The van der Waals surface area contributed by atoms with E-state index in [0.29, 0.717) is 27.8 Å². The Morgan fingerprint density at radius 3 is 2.79 bits per heavy atom. The van der Waals surface area contributed by atoms with Crippen LogP contribution in [0.2, 0.25) is 0 Å². The lowest BCUT2D eigenvalue weighted by atomic mass is 10.1. The average Bonchev–Trinajstić information content (AvgIpc) is 2.81. The summed E-state index contributed by atoms with van der Waals surface area (Å²) in [6.07, 6.45) is 1.41. The van der Waals surface area contributed by atoms with E-state index in [1.165, 1.54) is 23.7 Å². The van der Waals surface area contributed by atoms with E-state index in [2.05, 4.69) is 4.98 Å². The van der Waals surface area contributed by atoms with Gasteiger partial charge in [-0.3, -0.25) is 4.79 Å². The molecule has 0 saturated carbocycles. The number of phenolic OH excluding ortho intramolecular Hbond substituents is 1. The Hall–Kier alpha value is -2.14. The SMILES string of the molecule is Cc1nc(-c2coc3c(C)c(O)ccc3c2=O)cs1. The van der Waals surface area contributed by atoms with Crippen LogP contribution in [0.15, 0.2) is 33.0 Å². The van der Waals surface area contributed by atoms with Gasteiger partial charge in [-0.25, -0.2) is 4.98 Å². The zero-order valence-corrected chi connectivity index (χ0v) is 11.2. The Kier molecular flexibility index (Phi) is 2.64. The first-order chi connectivity index (χ1) is 9.08. The van der Waals surface area contributed by atoms with Crippen LogP contribution in [0.4, 0.5) is 0 Å². The molecule has 5 heteroatoms. The molecular weight excluding hydrogens is 262 g/mol. The number of aryl methyl sites for hydroxylation is 2. The monoisotopic (exact) mass is 273 g/mol. The fourth-order valence-electron chi connectivity index (χ4n) is 1.99. The van der Waals surface area contributed by atoms with Gasteiger partial charge in [-0.2, -0.15) is 0 Å². The summed E-state index contributed by atoms with van der Waals surface area (Å²) in [6.45, 7) is 3.60. The second-order valence-corrected chi connectivity index (χ2v) is 5.38. The summed E-state index contributed by atoms with van der Waals surface area (Å²) in [5, 5.41) is 12.8. The Balaban J connectivity index is 2.34. The molecule has 2 aromatic heterocycles. The second kappa shape index (κ2) is 4.20. The molecule has 0 amide bonds. The first-order valence-electron chi connectivity index (χ1n) is 5.74. The summed E-state index contributed by atoms with van der Waals surface area (Å²) in [4.78, 5) is 16.7. The van der Waals surface area contributed by atoms with E-state index >= 15 is 0 Å². The van der Waals surface area contributed by atoms with Crippen LogP contribution in [0.3, 0.4) is 0 Å². The summed E-state index contributed by atoms with van der Waals surface area (Å²) >= 11 is 1.49. The van der Waals surface area contributed by atoms with Crippen molar-refractivity contribution in [3.8, 4) is 17.0 Å². The van der Waals surface area contributed by atoms with Crippen LogP contribution in [-0.2, 0) is 0 Å². The number of aromatic nitrogens is 1. The largest absolute Gasteiger partial charge is 0.508 e. The molecule has 3 aromatic rings. The van der Waals surface area contributed by atoms with Crippen molar-refractivity contribution in [2.75, 3.05) is 0 Å². The highest BCUT2D eigenvalue weighted by atomic mass is 32.1. The van der Waals surface area contributed by atoms with E-state index < -0.39 is 0 Å². The Bertz CT molecular complexity index is 832. The minimum atomic E-state index is -0.130. The van der Waals surface area contributed by atoms with Gasteiger partial charge in [-0.1, -0.05) is 0 Å². The number of benzene rings is 1. The number of thiazole rings is 1. The van der Waals surface area contributed by atoms with Crippen molar-refractivity contribution in [1.29, 1.82) is 0 Å². The third-order valence-electron chi connectivity index (χ3n) is 3.06. The molecule has 0 fully saturated rings. The predicted octanol–water partition coefficient (Wildman–Crippen LogP) is 3.24. The predicted molar refractivity (Wildman–Crippen MR) is 74.7 cm³/mol. The van der Waals surface area contributed by atoms with Gasteiger partial charge in [-0.05, 0) is 26.0 Å². The number of fused-ring (bicyclic) bond motifs is 1. The third kappa shape index (κ3) is 1.82. The van der Waals surface area contributed by atoms with Crippen molar-refractivity contribution >= 4 is 22.3 Å². The number of aromatic hydroxyl groups is 1. The molecule has 0 aliphatic carbocycles. The molecule has 19 heavy (non-hydrogen) atoms. The number of hydrogen-bond donors (Lipinski definition) is 1. The maximum atomic E-state index is 12.4. The van der Waals surface area contributed by atoms with Crippen molar-refractivity contribution < 1.29 is 9.52 Å². The van der Waals surface area contributed by atoms with Gasteiger partial charge < -0.3 is 9.52 Å². The van der Waals surface area contributed by atoms with Crippen LogP contribution < -0.4 is 5.43 Å². The highest BCUT2D eigenvalue weighted by Crippen LogP contribution is 2.27. The fraction of sp³-hybridized carbons (Fsp3) is 0.143. The maximum Gasteiger partial charge on any atom is 0.202 e. The van der Waals surface area contributed by atoms with Crippen LogP contribution in [0, 0.1) is 13.8 Å². The number of rotatable bonds is 1. The average molecular weight is 273 g/mol. The Morgan fingerprint density at radius 1 is 1.32 bits per heavy atom. The lowest BCUT2D eigenvalue weighted by Crippen LogP contribution is -2.05. The van der Waals surface area contributed by atoms with Crippen LogP contribution in [0.5, 0.6) is 5.75 Å². The van der Waals surface area contributed by atoms with Gasteiger partial charge in [-0.15, -0.1) is 11.3 Å². The van der Waals surface area contributed by atoms with Gasteiger partial charge in [0.2, 0.25) is 5.43 Å². The minimum absolute atomic E-state index is 0.118. The van der Waals surface area contributed by atoms with Crippen LogP contribution in [0.1, 0.15) is 10.6 Å². The van der Waals surface area contributed by atoms with E-state index in [1.54, 1.807) is 13.0 Å². The molecule has 0 bridgehead atoms. The van der Waals surface area contributed by atoms with Crippen molar-refractivity contribution in [2.45, 2.75) is 13.8 Å². The molecular formula is C14H11NO3S. The van der Waals surface area contributed by atoms with Crippen molar-refractivity contribution in [3.05, 3.63) is 44.6 Å². The first kappa shape index (κ1) is 11.9. The van der Waals surface area contributed by atoms with Gasteiger partial charge in [0.15, 0.2) is 0 Å². The molecule has 0 spiro atoms. The maximum absolute atomic E-state index is 12.4. The highest BCUT2D eigenvalue weighted by molar-refractivity contribution is 7.09. The first-order valence-corrected chi connectivity index (χ1v) is 6.62. The Labute approximate surface area is 113 Å². The quantitative estimate of drug-likeness (QED) is 0.739. The lowest BCUT2D eigenvalue weighted by Gasteiger charge is -2.04. The Morgan fingerprint density at radius 2 is 2.11 bits per heavy atom. The summed E-state index contributed by atoms with van der Waals surface area (Å²) in [5.74, 6) is 0.118. The molecule has 0 aliphatic rings. The second-order valence-electron chi connectivity index (χ2n) is 4.32. The zero-order chi connectivity index (χ0) is 13.6. The van der Waals surface area contributed by atoms with Gasteiger partial charge in [0.25, 0.3) is 0 Å². The molecule has 1 N–H and O–H groups in total. The molecule has 1 aromatic carbocycles. The van der Waals surface area contributed by atoms with Gasteiger partial charge in [0.05, 0.1) is 21.7 Å². The normalized spacial score (nSPS) is 11.1. The van der Waals surface area contributed by atoms with Crippen molar-refractivity contribution in [1.82, 2.24) is 4.98 Å². The van der Waals surface area contributed by atoms with Gasteiger partial charge in [0, 0.05) is 10.9 Å². The van der Waals surface area contributed by atoms with E-state index in [9.17, 15) is 9.90 Å². The minimum Gasteiger partial charge on any atom is -0.508 e. The van der Waals surface area contributed by atoms with E-state index in [4.69, 9.17) is 4.42 Å². The van der Waals surface area contributed by atoms with E-state index in [-0.39, 0.29) is 11.2 Å². The van der Waals surface area contributed by atoms with Crippen molar-refractivity contribution in [2.24, 2.45) is 0 Å². The number of nitrogens with zero attached hydrogens (tertiary/aromatic N) is 1. The highest BCUT2D eigenvalue weighted by Gasteiger charge is 2.13. The molecule has 0 unspecified atom stereocenters. The van der Waals surface area contributed by atoms with Crippen molar-refractivity contribution in [3.63, 3.8) is 0 Å².